The molecule has 4 heteroatoms. The summed E-state index contributed by atoms with van der Waals surface area (Å²) >= 11 is 0. The smallest absolute Gasteiger partial charge is 0.222 e. The fourth-order valence-corrected chi connectivity index (χ4v) is 2.76. The van der Waals surface area contributed by atoms with Crippen molar-refractivity contribution in [3.8, 4) is 5.75 Å². The second-order valence-corrected chi connectivity index (χ2v) is 5.71. The highest BCUT2D eigenvalue weighted by molar-refractivity contribution is 5.76. The van der Waals surface area contributed by atoms with Gasteiger partial charge >= 0.3 is 0 Å². The zero-order valence-electron chi connectivity index (χ0n) is 12.3. The Labute approximate surface area is 120 Å². The van der Waals surface area contributed by atoms with E-state index < -0.39 is 0 Å². The van der Waals surface area contributed by atoms with Crippen LogP contribution in [0.15, 0.2) is 24.3 Å². The van der Waals surface area contributed by atoms with Gasteiger partial charge in [0.25, 0.3) is 0 Å². The number of para-hydroxylation sites is 1. The van der Waals surface area contributed by atoms with Crippen molar-refractivity contribution in [2.75, 3.05) is 20.2 Å². The van der Waals surface area contributed by atoms with E-state index in [0.29, 0.717) is 18.9 Å². The molecule has 1 unspecified atom stereocenters. The Morgan fingerprint density at radius 3 is 2.90 bits per heavy atom. The molecule has 0 bridgehead atoms. The summed E-state index contributed by atoms with van der Waals surface area (Å²) in [5, 5.41) is 0. The highest BCUT2D eigenvalue weighted by Crippen LogP contribution is 2.23. The molecule has 1 amide bonds. The van der Waals surface area contributed by atoms with Gasteiger partial charge in [-0.2, -0.15) is 0 Å². The summed E-state index contributed by atoms with van der Waals surface area (Å²) in [7, 11) is 1.68. The highest BCUT2D eigenvalue weighted by Gasteiger charge is 2.24. The Hall–Kier alpha value is -1.55. The minimum atomic E-state index is 0.156. The fourth-order valence-electron chi connectivity index (χ4n) is 2.76. The van der Waals surface area contributed by atoms with Crippen LogP contribution in [0.2, 0.25) is 0 Å². The lowest BCUT2D eigenvalue weighted by Crippen LogP contribution is -2.32. The third-order valence-electron chi connectivity index (χ3n) is 3.86. The van der Waals surface area contributed by atoms with E-state index in [2.05, 4.69) is 13.0 Å². The number of methoxy groups -OCH3 is 1. The number of hydrogen-bond donors (Lipinski definition) is 1. The molecular formula is C16H24N2O2. The number of ether oxygens (including phenoxy) is 1. The summed E-state index contributed by atoms with van der Waals surface area (Å²) in [5.74, 6) is 1.42. The summed E-state index contributed by atoms with van der Waals surface area (Å²) in [5.41, 5.74) is 7.01. The predicted molar refractivity (Wildman–Crippen MR) is 79.7 cm³/mol. The number of likely N-dealkylation sites (tertiary alicyclic amines) is 1. The maximum absolute atomic E-state index is 12.2. The van der Waals surface area contributed by atoms with Crippen LogP contribution in [0.5, 0.6) is 5.75 Å². The van der Waals surface area contributed by atoms with Gasteiger partial charge in [0, 0.05) is 25.6 Å². The number of hydrogen-bond acceptors (Lipinski definition) is 3. The van der Waals surface area contributed by atoms with E-state index in [-0.39, 0.29) is 11.9 Å². The van der Waals surface area contributed by atoms with E-state index in [1.54, 1.807) is 7.11 Å². The molecule has 2 N–H and O–H groups in total. The number of amides is 1. The molecule has 0 saturated carbocycles. The van der Waals surface area contributed by atoms with Gasteiger partial charge < -0.3 is 15.4 Å². The van der Waals surface area contributed by atoms with Crippen molar-refractivity contribution in [3.63, 3.8) is 0 Å². The molecule has 1 aromatic carbocycles. The molecule has 4 nitrogen and oxygen atoms in total. The van der Waals surface area contributed by atoms with Gasteiger partial charge in [-0.25, -0.2) is 0 Å². The molecule has 0 aliphatic carbocycles. The van der Waals surface area contributed by atoms with Crippen LogP contribution in [0.1, 0.15) is 25.3 Å². The fraction of sp³-hybridized carbons (Fsp3) is 0.562. The summed E-state index contributed by atoms with van der Waals surface area (Å²) in [6.07, 6.45) is 2.35. The molecule has 1 heterocycles. The molecule has 1 aromatic rings. The molecule has 1 saturated heterocycles. The zero-order chi connectivity index (χ0) is 14.5. The second kappa shape index (κ2) is 6.75. The van der Waals surface area contributed by atoms with Gasteiger partial charge in [0.05, 0.1) is 7.11 Å². The lowest BCUT2D eigenvalue weighted by atomic mass is 9.97. The molecule has 2 rings (SSSR count). The number of nitrogens with zero attached hydrogens (tertiary/aromatic N) is 1. The van der Waals surface area contributed by atoms with Gasteiger partial charge in [0.15, 0.2) is 0 Å². The topological polar surface area (TPSA) is 55.6 Å². The van der Waals surface area contributed by atoms with E-state index in [9.17, 15) is 4.79 Å². The molecule has 2 atom stereocenters. The Bertz CT molecular complexity index is 462. The average molecular weight is 276 g/mol. The molecule has 0 radical (unpaired) electrons. The summed E-state index contributed by atoms with van der Waals surface area (Å²) in [6, 6.07) is 8.15. The average Bonchev–Trinajstić information content (AvgIpc) is 2.86. The third kappa shape index (κ3) is 3.73. The van der Waals surface area contributed by atoms with E-state index in [1.165, 1.54) is 0 Å². The van der Waals surface area contributed by atoms with Crippen LogP contribution in [0.25, 0.3) is 0 Å². The van der Waals surface area contributed by atoms with Crippen LogP contribution in [-0.4, -0.2) is 37.0 Å². The Balaban J connectivity index is 1.89. The van der Waals surface area contributed by atoms with Crippen LogP contribution < -0.4 is 10.5 Å². The largest absolute Gasteiger partial charge is 0.496 e. The van der Waals surface area contributed by atoms with Crippen LogP contribution in [-0.2, 0) is 11.2 Å². The van der Waals surface area contributed by atoms with E-state index in [0.717, 1.165) is 30.7 Å². The second-order valence-electron chi connectivity index (χ2n) is 5.71. The van der Waals surface area contributed by atoms with Crippen molar-refractivity contribution in [2.45, 2.75) is 32.2 Å². The first-order valence-electron chi connectivity index (χ1n) is 7.25. The normalized spacial score (nSPS) is 19.9. The van der Waals surface area contributed by atoms with Gasteiger partial charge in [-0.3, -0.25) is 4.79 Å². The Morgan fingerprint density at radius 1 is 1.50 bits per heavy atom. The van der Waals surface area contributed by atoms with Crippen LogP contribution >= 0.6 is 0 Å². The third-order valence-corrected chi connectivity index (χ3v) is 3.86. The number of rotatable bonds is 5. The van der Waals surface area contributed by atoms with Crippen molar-refractivity contribution in [1.29, 1.82) is 0 Å². The van der Waals surface area contributed by atoms with Crippen LogP contribution in [0.4, 0.5) is 0 Å². The maximum atomic E-state index is 12.2. The number of benzene rings is 1. The SMILES string of the molecule is COc1ccccc1CC(C)CC(=O)N1CC[C@H](N)C1. The quantitative estimate of drug-likeness (QED) is 0.892. The first-order valence-corrected chi connectivity index (χ1v) is 7.25. The Kier molecular flexibility index (Phi) is 5.01. The monoisotopic (exact) mass is 276 g/mol. The molecule has 0 aromatic heterocycles. The molecule has 110 valence electrons. The number of carbonyl (C=O) groups is 1. The highest BCUT2D eigenvalue weighted by atomic mass is 16.5. The van der Waals surface area contributed by atoms with Gasteiger partial charge in [0.2, 0.25) is 5.91 Å². The lowest BCUT2D eigenvalue weighted by molar-refractivity contribution is -0.131. The Morgan fingerprint density at radius 2 is 2.25 bits per heavy atom. The van der Waals surface area contributed by atoms with Gasteiger partial charge in [0.1, 0.15) is 5.75 Å². The number of carbonyl (C=O) groups excluding carboxylic acids is 1. The molecular weight excluding hydrogens is 252 g/mol. The maximum Gasteiger partial charge on any atom is 0.222 e. The molecule has 20 heavy (non-hydrogen) atoms. The summed E-state index contributed by atoms with van der Waals surface area (Å²) in [4.78, 5) is 14.1. The van der Waals surface area contributed by atoms with Gasteiger partial charge in [-0.05, 0) is 30.4 Å². The molecule has 1 aliphatic rings. The predicted octanol–water partition coefficient (Wildman–Crippen LogP) is 1.82. The zero-order valence-corrected chi connectivity index (χ0v) is 12.3. The van der Waals surface area contributed by atoms with Crippen molar-refractivity contribution >= 4 is 5.91 Å². The van der Waals surface area contributed by atoms with Gasteiger partial charge in [-0.1, -0.05) is 25.1 Å². The first kappa shape index (κ1) is 14.9. The lowest BCUT2D eigenvalue weighted by Gasteiger charge is -2.19. The molecule has 0 spiro atoms. The summed E-state index contributed by atoms with van der Waals surface area (Å²) in [6.45, 7) is 3.63. The van der Waals surface area contributed by atoms with Crippen molar-refractivity contribution in [2.24, 2.45) is 11.7 Å². The summed E-state index contributed by atoms with van der Waals surface area (Å²) < 4.78 is 5.35. The van der Waals surface area contributed by atoms with E-state index in [1.807, 2.05) is 23.1 Å². The van der Waals surface area contributed by atoms with Crippen LogP contribution in [0, 0.1) is 5.92 Å². The van der Waals surface area contributed by atoms with E-state index in [4.69, 9.17) is 10.5 Å². The van der Waals surface area contributed by atoms with Crippen LogP contribution in [0.3, 0.4) is 0 Å². The molecule has 1 fully saturated rings. The van der Waals surface area contributed by atoms with Crippen molar-refractivity contribution in [1.82, 2.24) is 4.90 Å². The molecule has 1 aliphatic heterocycles. The minimum Gasteiger partial charge on any atom is -0.496 e. The number of nitrogens with two attached hydrogens (primary N) is 1. The van der Waals surface area contributed by atoms with Crippen molar-refractivity contribution < 1.29 is 9.53 Å². The standard InChI is InChI=1S/C16H24N2O2/c1-12(9-13-5-3-4-6-15(13)20-2)10-16(19)18-8-7-14(17)11-18/h3-6,12,14H,7-11,17H2,1-2H3/t12?,14-/m0/s1. The van der Waals surface area contributed by atoms with Gasteiger partial charge in [-0.15, -0.1) is 0 Å². The first-order chi connectivity index (χ1) is 9.60. The van der Waals surface area contributed by atoms with Crippen molar-refractivity contribution in [3.05, 3.63) is 29.8 Å². The van der Waals surface area contributed by atoms with E-state index >= 15 is 0 Å². The minimum absolute atomic E-state index is 0.156.